The molecule has 0 spiro atoms. The first kappa shape index (κ1) is 8.63. The summed E-state index contributed by atoms with van der Waals surface area (Å²) in [6.45, 7) is 4.60. The van der Waals surface area contributed by atoms with E-state index in [1.807, 2.05) is 6.92 Å². The maximum atomic E-state index is 10.3. The number of aldehydes is 1. The van der Waals surface area contributed by atoms with Gasteiger partial charge in [-0.05, 0) is 5.92 Å². The number of nitrogens with two attached hydrogens (primary N) is 1. The summed E-state index contributed by atoms with van der Waals surface area (Å²) in [5.41, 5.74) is 5.33. The van der Waals surface area contributed by atoms with Crippen LogP contribution in [0.5, 0.6) is 0 Å². The number of carbonyl (C=O) groups is 1. The summed E-state index contributed by atoms with van der Waals surface area (Å²) in [6, 6.07) is 0. The summed E-state index contributed by atoms with van der Waals surface area (Å²) < 4.78 is 0. The molecular formula is C7H15NO. The zero-order chi connectivity index (χ0) is 7.28. The van der Waals surface area contributed by atoms with Gasteiger partial charge in [0, 0.05) is 12.5 Å². The Labute approximate surface area is 56.4 Å². The molecule has 54 valence electrons. The van der Waals surface area contributed by atoms with Crippen LogP contribution in [0.25, 0.3) is 0 Å². The zero-order valence-electron chi connectivity index (χ0n) is 6.13. The lowest BCUT2D eigenvalue weighted by Gasteiger charge is -2.13. The maximum Gasteiger partial charge on any atom is 0.124 e. The van der Waals surface area contributed by atoms with Gasteiger partial charge in [0.05, 0.1) is 0 Å². The fourth-order valence-electron chi connectivity index (χ4n) is 0.725. The number of hydrogen-bond donors (Lipinski definition) is 1. The standard InChI is InChI=1S/C7H15NO/c1-3-6(2)7(4-8)5-9/h5-7H,3-4,8H2,1-2H3/t6-,7?/m0/s1. The SMILES string of the molecule is CC[C@H](C)C(C=O)CN. The van der Waals surface area contributed by atoms with Crippen molar-refractivity contribution in [2.45, 2.75) is 20.3 Å². The van der Waals surface area contributed by atoms with E-state index in [0.717, 1.165) is 12.7 Å². The lowest BCUT2D eigenvalue weighted by Crippen LogP contribution is -2.22. The molecule has 2 N–H and O–H groups in total. The van der Waals surface area contributed by atoms with Crippen molar-refractivity contribution in [3.63, 3.8) is 0 Å². The van der Waals surface area contributed by atoms with Crippen LogP contribution in [0, 0.1) is 11.8 Å². The van der Waals surface area contributed by atoms with Gasteiger partial charge in [0.25, 0.3) is 0 Å². The van der Waals surface area contributed by atoms with Crippen LogP contribution in [-0.4, -0.2) is 12.8 Å². The third kappa shape index (κ3) is 2.61. The summed E-state index contributed by atoms with van der Waals surface area (Å²) in [4.78, 5) is 10.3. The van der Waals surface area contributed by atoms with Crippen molar-refractivity contribution >= 4 is 6.29 Å². The molecule has 1 unspecified atom stereocenters. The number of hydrogen-bond acceptors (Lipinski definition) is 2. The van der Waals surface area contributed by atoms with E-state index in [9.17, 15) is 4.79 Å². The van der Waals surface area contributed by atoms with Crippen LogP contribution in [0.3, 0.4) is 0 Å². The van der Waals surface area contributed by atoms with E-state index in [4.69, 9.17) is 5.73 Å². The summed E-state index contributed by atoms with van der Waals surface area (Å²) in [5, 5.41) is 0. The van der Waals surface area contributed by atoms with E-state index in [1.165, 1.54) is 0 Å². The Balaban J connectivity index is 3.63. The molecule has 0 rings (SSSR count). The number of rotatable bonds is 4. The average Bonchev–Trinajstić information content (AvgIpc) is 1.90. The fraction of sp³-hybridized carbons (Fsp3) is 0.857. The predicted molar refractivity (Wildman–Crippen MR) is 38.1 cm³/mol. The van der Waals surface area contributed by atoms with E-state index in [-0.39, 0.29) is 5.92 Å². The van der Waals surface area contributed by atoms with Gasteiger partial charge in [-0.2, -0.15) is 0 Å². The average molecular weight is 129 g/mol. The lowest BCUT2D eigenvalue weighted by molar-refractivity contribution is -0.112. The van der Waals surface area contributed by atoms with Crippen LogP contribution in [0.15, 0.2) is 0 Å². The summed E-state index contributed by atoms with van der Waals surface area (Å²) in [6.07, 6.45) is 1.98. The minimum atomic E-state index is 0.0648. The normalized spacial score (nSPS) is 16.8. The van der Waals surface area contributed by atoms with Crippen molar-refractivity contribution in [1.82, 2.24) is 0 Å². The molecule has 0 aliphatic rings. The van der Waals surface area contributed by atoms with Gasteiger partial charge in [-0.3, -0.25) is 0 Å². The van der Waals surface area contributed by atoms with Gasteiger partial charge in [0.15, 0.2) is 0 Å². The summed E-state index contributed by atoms with van der Waals surface area (Å²) in [7, 11) is 0. The Kier molecular flexibility index (Phi) is 4.32. The molecule has 2 nitrogen and oxygen atoms in total. The molecule has 2 heteroatoms. The molecule has 0 aliphatic heterocycles. The van der Waals surface area contributed by atoms with E-state index in [0.29, 0.717) is 12.5 Å². The summed E-state index contributed by atoms with van der Waals surface area (Å²) in [5.74, 6) is 0.502. The Bertz CT molecular complexity index is 83.0. The Morgan fingerprint density at radius 2 is 2.22 bits per heavy atom. The molecule has 2 atom stereocenters. The Morgan fingerprint density at radius 3 is 2.33 bits per heavy atom. The van der Waals surface area contributed by atoms with E-state index >= 15 is 0 Å². The molecule has 0 bridgehead atoms. The second-order valence-corrected chi connectivity index (χ2v) is 2.42. The molecule has 0 fully saturated rings. The van der Waals surface area contributed by atoms with Crippen molar-refractivity contribution < 1.29 is 4.79 Å². The molecule has 0 saturated carbocycles. The fourth-order valence-corrected chi connectivity index (χ4v) is 0.725. The second-order valence-electron chi connectivity index (χ2n) is 2.42. The molecule has 0 radical (unpaired) electrons. The van der Waals surface area contributed by atoms with E-state index in [1.54, 1.807) is 0 Å². The quantitative estimate of drug-likeness (QED) is 0.571. The van der Waals surface area contributed by atoms with Gasteiger partial charge in [-0.25, -0.2) is 0 Å². The molecule has 0 aliphatic carbocycles. The molecule has 0 amide bonds. The minimum absolute atomic E-state index is 0.0648. The van der Waals surface area contributed by atoms with Crippen molar-refractivity contribution in [2.24, 2.45) is 17.6 Å². The van der Waals surface area contributed by atoms with Crippen LogP contribution in [0.2, 0.25) is 0 Å². The largest absolute Gasteiger partial charge is 0.330 e. The third-order valence-electron chi connectivity index (χ3n) is 1.82. The highest BCUT2D eigenvalue weighted by Gasteiger charge is 2.11. The first-order valence-corrected chi connectivity index (χ1v) is 3.41. The van der Waals surface area contributed by atoms with Gasteiger partial charge in [-0.1, -0.05) is 20.3 Å². The van der Waals surface area contributed by atoms with Gasteiger partial charge in [0.1, 0.15) is 6.29 Å². The Hall–Kier alpha value is -0.370. The van der Waals surface area contributed by atoms with Crippen molar-refractivity contribution in [2.75, 3.05) is 6.54 Å². The van der Waals surface area contributed by atoms with Crippen LogP contribution in [0.4, 0.5) is 0 Å². The topological polar surface area (TPSA) is 43.1 Å². The first-order chi connectivity index (χ1) is 4.26. The smallest absolute Gasteiger partial charge is 0.124 e. The van der Waals surface area contributed by atoms with Gasteiger partial charge in [0.2, 0.25) is 0 Å². The maximum absolute atomic E-state index is 10.3. The predicted octanol–water partition coefficient (Wildman–Crippen LogP) is 0.806. The second kappa shape index (κ2) is 4.50. The van der Waals surface area contributed by atoms with Crippen LogP contribution in [0.1, 0.15) is 20.3 Å². The molecule has 0 aromatic rings. The molecule has 0 aromatic carbocycles. The summed E-state index contributed by atoms with van der Waals surface area (Å²) >= 11 is 0. The highest BCUT2D eigenvalue weighted by Crippen LogP contribution is 2.10. The van der Waals surface area contributed by atoms with E-state index in [2.05, 4.69) is 6.92 Å². The molecule has 0 aromatic heterocycles. The molecule has 0 heterocycles. The van der Waals surface area contributed by atoms with Gasteiger partial charge in [-0.15, -0.1) is 0 Å². The monoisotopic (exact) mass is 129 g/mol. The lowest BCUT2D eigenvalue weighted by atomic mass is 9.93. The first-order valence-electron chi connectivity index (χ1n) is 3.41. The van der Waals surface area contributed by atoms with Gasteiger partial charge >= 0.3 is 0 Å². The van der Waals surface area contributed by atoms with Crippen LogP contribution < -0.4 is 5.73 Å². The number of carbonyl (C=O) groups excluding carboxylic acids is 1. The molecule has 9 heavy (non-hydrogen) atoms. The van der Waals surface area contributed by atoms with Crippen molar-refractivity contribution in [3.05, 3.63) is 0 Å². The van der Waals surface area contributed by atoms with Crippen LogP contribution in [-0.2, 0) is 4.79 Å². The Morgan fingerprint density at radius 1 is 1.67 bits per heavy atom. The minimum Gasteiger partial charge on any atom is -0.330 e. The van der Waals surface area contributed by atoms with Crippen LogP contribution >= 0.6 is 0 Å². The van der Waals surface area contributed by atoms with Gasteiger partial charge < -0.3 is 10.5 Å². The van der Waals surface area contributed by atoms with E-state index < -0.39 is 0 Å². The highest BCUT2D eigenvalue weighted by atomic mass is 16.1. The van der Waals surface area contributed by atoms with Crippen molar-refractivity contribution in [3.8, 4) is 0 Å². The van der Waals surface area contributed by atoms with Crippen molar-refractivity contribution in [1.29, 1.82) is 0 Å². The zero-order valence-corrected chi connectivity index (χ0v) is 6.13. The highest BCUT2D eigenvalue weighted by molar-refractivity contribution is 5.54. The molecular weight excluding hydrogens is 114 g/mol. The third-order valence-corrected chi connectivity index (χ3v) is 1.82. The molecule has 0 saturated heterocycles.